The van der Waals surface area contributed by atoms with E-state index in [1.165, 1.54) is 28.0 Å². The quantitative estimate of drug-likeness (QED) is 0.462. The lowest BCUT2D eigenvalue weighted by atomic mass is 10.1. The lowest BCUT2D eigenvalue weighted by molar-refractivity contribution is 0.189. The van der Waals surface area contributed by atoms with Crippen LogP contribution < -0.4 is 9.64 Å². The Labute approximate surface area is 191 Å². The Balaban J connectivity index is 1.30. The smallest absolute Gasteiger partial charge is 0.180 e. The maximum absolute atomic E-state index is 9.19. The van der Waals surface area contributed by atoms with Gasteiger partial charge in [0.25, 0.3) is 0 Å². The summed E-state index contributed by atoms with van der Waals surface area (Å²) in [6, 6.07) is 22.8. The van der Waals surface area contributed by atoms with Crippen LogP contribution in [0.3, 0.4) is 0 Å². The van der Waals surface area contributed by atoms with Gasteiger partial charge in [0, 0.05) is 49.4 Å². The third kappa shape index (κ3) is 4.60. The van der Waals surface area contributed by atoms with Gasteiger partial charge < -0.3 is 14.7 Å². The fourth-order valence-electron chi connectivity index (χ4n) is 4.11. The summed E-state index contributed by atoms with van der Waals surface area (Å²) in [4.78, 5) is 9.35. The van der Waals surface area contributed by atoms with E-state index < -0.39 is 0 Å². The number of benzene rings is 3. The minimum absolute atomic E-state index is 0.218. The number of rotatable bonds is 7. The molecule has 0 spiro atoms. The van der Waals surface area contributed by atoms with Crippen molar-refractivity contribution in [3.05, 3.63) is 72.6 Å². The van der Waals surface area contributed by atoms with Crippen molar-refractivity contribution in [3.8, 4) is 16.3 Å². The molecule has 5 rings (SSSR count). The molecule has 0 bridgehead atoms. The van der Waals surface area contributed by atoms with E-state index in [2.05, 4.69) is 49.5 Å². The molecule has 0 atom stereocenters. The molecule has 0 radical (unpaired) electrons. The number of anilines is 1. The highest BCUT2D eigenvalue weighted by atomic mass is 32.1. The summed E-state index contributed by atoms with van der Waals surface area (Å²) in [6.07, 6.45) is 0. The third-order valence-corrected chi connectivity index (χ3v) is 6.62. The second kappa shape index (κ2) is 9.65. The number of nitrogens with zero attached hydrogens (tertiary/aromatic N) is 4. The van der Waals surface area contributed by atoms with E-state index >= 15 is 0 Å². The zero-order chi connectivity index (χ0) is 21.8. The van der Waals surface area contributed by atoms with Crippen LogP contribution >= 0.6 is 11.5 Å². The average Bonchev–Trinajstić information content (AvgIpc) is 3.33. The number of ether oxygens (including phenoxy) is 1. The van der Waals surface area contributed by atoms with Gasteiger partial charge in [-0.2, -0.15) is 4.37 Å². The number of β-amino-alcohol motifs (C(OH)–C–C–N with tert-alkyl or cyclic N) is 1. The summed E-state index contributed by atoms with van der Waals surface area (Å²) in [6.45, 7) is 5.15. The van der Waals surface area contributed by atoms with E-state index in [4.69, 9.17) is 4.74 Å². The van der Waals surface area contributed by atoms with Crippen molar-refractivity contribution in [1.82, 2.24) is 14.3 Å². The highest BCUT2D eigenvalue weighted by Crippen LogP contribution is 2.31. The lowest BCUT2D eigenvalue weighted by Gasteiger charge is -2.36. The zero-order valence-corrected chi connectivity index (χ0v) is 18.7. The minimum Gasteiger partial charge on any atom is -0.486 e. The minimum atomic E-state index is 0.218. The van der Waals surface area contributed by atoms with E-state index in [0.717, 1.165) is 49.0 Å². The van der Waals surface area contributed by atoms with Crippen LogP contribution in [0, 0.1) is 0 Å². The first-order valence-electron chi connectivity index (χ1n) is 10.9. The highest BCUT2D eigenvalue weighted by Gasteiger charge is 2.18. The van der Waals surface area contributed by atoms with E-state index in [1.54, 1.807) is 0 Å². The Bertz CT molecular complexity index is 1170. The molecule has 164 valence electrons. The molecule has 1 fully saturated rings. The van der Waals surface area contributed by atoms with Gasteiger partial charge in [-0.05, 0) is 35.1 Å². The Morgan fingerprint density at radius 3 is 2.59 bits per heavy atom. The summed E-state index contributed by atoms with van der Waals surface area (Å²) in [5.74, 6) is 1.52. The van der Waals surface area contributed by atoms with Gasteiger partial charge in [-0.15, -0.1) is 0 Å². The fourth-order valence-corrected chi connectivity index (χ4v) is 4.79. The number of hydrogen-bond acceptors (Lipinski definition) is 7. The molecule has 7 heteroatoms. The predicted molar refractivity (Wildman–Crippen MR) is 129 cm³/mol. The molecular formula is C25H26N4O2S. The molecule has 3 aromatic carbocycles. The van der Waals surface area contributed by atoms with Crippen LogP contribution in [0.4, 0.5) is 5.69 Å². The molecule has 32 heavy (non-hydrogen) atoms. The van der Waals surface area contributed by atoms with Crippen molar-refractivity contribution in [2.24, 2.45) is 0 Å². The lowest BCUT2D eigenvalue weighted by Crippen LogP contribution is -2.47. The largest absolute Gasteiger partial charge is 0.486 e. The van der Waals surface area contributed by atoms with Gasteiger partial charge in [0.05, 0.1) is 6.61 Å². The summed E-state index contributed by atoms with van der Waals surface area (Å²) in [7, 11) is 0. The molecule has 0 unspecified atom stereocenters. The summed E-state index contributed by atoms with van der Waals surface area (Å²) < 4.78 is 10.5. The Morgan fingerprint density at radius 1 is 0.938 bits per heavy atom. The average molecular weight is 447 g/mol. The number of piperazine rings is 1. The fraction of sp³-hybridized carbons (Fsp3) is 0.280. The monoisotopic (exact) mass is 446 g/mol. The molecule has 2 heterocycles. The number of hydrogen-bond donors (Lipinski definition) is 1. The predicted octanol–water partition coefficient (Wildman–Crippen LogP) is 4.05. The summed E-state index contributed by atoms with van der Waals surface area (Å²) in [5.41, 5.74) is 2.31. The second-order valence-electron chi connectivity index (χ2n) is 7.88. The maximum Gasteiger partial charge on any atom is 0.180 e. The van der Waals surface area contributed by atoms with Crippen LogP contribution in [0.1, 0.15) is 5.82 Å². The highest BCUT2D eigenvalue weighted by molar-refractivity contribution is 7.09. The first-order valence-corrected chi connectivity index (χ1v) is 11.7. The van der Waals surface area contributed by atoms with Crippen LogP contribution in [0.5, 0.6) is 5.75 Å². The topological polar surface area (TPSA) is 61.7 Å². The van der Waals surface area contributed by atoms with Gasteiger partial charge in [-0.25, -0.2) is 4.98 Å². The first kappa shape index (κ1) is 20.9. The first-order chi connectivity index (χ1) is 15.8. The van der Waals surface area contributed by atoms with Crippen molar-refractivity contribution in [2.75, 3.05) is 44.2 Å². The third-order valence-electron chi connectivity index (χ3n) is 5.82. The molecule has 0 saturated carbocycles. The van der Waals surface area contributed by atoms with E-state index in [-0.39, 0.29) is 6.61 Å². The van der Waals surface area contributed by atoms with Crippen molar-refractivity contribution in [1.29, 1.82) is 0 Å². The molecule has 6 nitrogen and oxygen atoms in total. The van der Waals surface area contributed by atoms with E-state index in [9.17, 15) is 5.11 Å². The van der Waals surface area contributed by atoms with Gasteiger partial charge in [0.2, 0.25) is 0 Å². The van der Waals surface area contributed by atoms with Crippen LogP contribution in [-0.4, -0.2) is 58.7 Å². The maximum atomic E-state index is 9.19. The zero-order valence-electron chi connectivity index (χ0n) is 17.9. The summed E-state index contributed by atoms with van der Waals surface area (Å²) in [5, 5.41) is 12.5. The van der Waals surface area contributed by atoms with Crippen LogP contribution in [0.25, 0.3) is 21.3 Å². The van der Waals surface area contributed by atoms with Crippen molar-refractivity contribution < 1.29 is 9.84 Å². The summed E-state index contributed by atoms with van der Waals surface area (Å²) >= 11 is 1.40. The van der Waals surface area contributed by atoms with Crippen LogP contribution in [-0.2, 0) is 6.61 Å². The van der Waals surface area contributed by atoms with Gasteiger partial charge in [-0.3, -0.25) is 4.90 Å². The number of aliphatic hydroxyl groups excluding tert-OH is 1. The van der Waals surface area contributed by atoms with Gasteiger partial charge in [0.15, 0.2) is 5.82 Å². The molecule has 0 amide bonds. The van der Waals surface area contributed by atoms with Crippen LogP contribution in [0.2, 0.25) is 0 Å². The second-order valence-corrected chi connectivity index (χ2v) is 8.63. The van der Waals surface area contributed by atoms with E-state index in [1.807, 2.05) is 36.4 Å². The Morgan fingerprint density at radius 2 is 1.78 bits per heavy atom. The molecule has 1 aliphatic rings. The van der Waals surface area contributed by atoms with Crippen LogP contribution in [0.15, 0.2) is 66.7 Å². The normalized spacial score (nSPS) is 14.7. The number of aromatic nitrogens is 2. The Hall–Kier alpha value is -3.00. The number of aliphatic hydroxyl groups is 1. The van der Waals surface area contributed by atoms with Gasteiger partial charge >= 0.3 is 0 Å². The van der Waals surface area contributed by atoms with E-state index in [0.29, 0.717) is 12.4 Å². The molecule has 0 aliphatic carbocycles. The van der Waals surface area contributed by atoms with Crippen molar-refractivity contribution in [2.45, 2.75) is 6.61 Å². The standard InChI is InChI=1S/C25H26N4O2S/c30-16-15-28-11-13-29(14-12-28)23-8-4-7-19-9-10-21(17-22(19)23)31-18-24-26-25(32-27-24)20-5-2-1-3-6-20/h1-10,17,30H,11-16,18H2. The molecular weight excluding hydrogens is 420 g/mol. The van der Waals surface area contributed by atoms with Gasteiger partial charge in [0.1, 0.15) is 17.4 Å². The molecule has 1 aliphatic heterocycles. The van der Waals surface area contributed by atoms with Crippen molar-refractivity contribution in [3.63, 3.8) is 0 Å². The Kier molecular flexibility index (Phi) is 6.29. The number of fused-ring (bicyclic) bond motifs is 1. The SMILES string of the molecule is OCCN1CCN(c2cccc3ccc(OCc4nsc(-c5ccccc5)n4)cc23)CC1. The molecule has 1 aromatic heterocycles. The molecule has 1 N–H and O–H groups in total. The molecule has 4 aromatic rings. The molecule has 1 saturated heterocycles. The van der Waals surface area contributed by atoms with Gasteiger partial charge in [-0.1, -0.05) is 48.5 Å². The van der Waals surface area contributed by atoms with Crippen molar-refractivity contribution >= 4 is 28.0 Å².